The minimum Gasteiger partial charge on any atom is -0.497 e. The van der Waals surface area contributed by atoms with E-state index in [4.69, 9.17) is 15.2 Å². The normalized spacial score (nSPS) is 14.5. The smallest absolute Gasteiger partial charge is 0.118 e. The molecule has 4 nitrogen and oxygen atoms in total. The number of ether oxygens (including phenoxy) is 2. The van der Waals surface area contributed by atoms with Gasteiger partial charge in [0, 0.05) is 23.8 Å². The molecule has 0 atom stereocenters. The SMILES string of the molecule is COc1ccc(-c2cc(CN(C)C3CCCCC3)c(N)c(-c3ccc(OC)cc3)c2)cc1. The number of rotatable bonds is 7. The average Bonchev–Trinajstić information content (AvgIpc) is 2.86. The van der Waals surface area contributed by atoms with Gasteiger partial charge in [-0.1, -0.05) is 43.5 Å². The second-order valence-electron chi connectivity index (χ2n) is 8.76. The summed E-state index contributed by atoms with van der Waals surface area (Å²) in [6.07, 6.45) is 6.57. The van der Waals surface area contributed by atoms with Crippen LogP contribution in [0.1, 0.15) is 37.7 Å². The van der Waals surface area contributed by atoms with Crippen molar-refractivity contribution in [1.29, 1.82) is 0 Å². The van der Waals surface area contributed by atoms with Gasteiger partial charge >= 0.3 is 0 Å². The summed E-state index contributed by atoms with van der Waals surface area (Å²) in [6.45, 7) is 0.851. The predicted octanol–water partition coefficient (Wildman–Crippen LogP) is 6.38. The minimum atomic E-state index is 0.636. The van der Waals surface area contributed by atoms with Crippen LogP contribution in [0.4, 0.5) is 5.69 Å². The molecule has 3 aromatic carbocycles. The molecule has 0 spiro atoms. The molecule has 0 heterocycles. The van der Waals surface area contributed by atoms with Crippen LogP contribution in [0.3, 0.4) is 0 Å². The van der Waals surface area contributed by atoms with Crippen molar-refractivity contribution in [2.45, 2.75) is 44.7 Å². The zero-order valence-corrected chi connectivity index (χ0v) is 19.4. The fourth-order valence-electron chi connectivity index (χ4n) is 4.72. The Bertz CT molecular complexity index is 1020. The molecule has 1 aliphatic rings. The standard InChI is InChI=1S/C28H34N2O2/c1-30(24-7-5-4-6-8-24)19-23-17-22(20-9-13-25(31-2)14-10-20)18-27(28(23)29)21-11-15-26(32-3)16-12-21/h9-18,24H,4-8,19,29H2,1-3H3. The number of anilines is 1. The van der Waals surface area contributed by atoms with Crippen LogP contribution in [0.5, 0.6) is 11.5 Å². The lowest BCUT2D eigenvalue weighted by Gasteiger charge is -2.32. The Morgan fingerprint density at radius 3 is 1.91 bits per heavy atom. The van der Waals surface area contributed by atoms with Gasteiger partial charge < -0.3 is 15.2 Å². The van der Waals surface area contributed by atoms with Gasteiger partial charge in [-0.05, 0) is 78.5 Å². The number of hydrogen-bond donors (Lipinski definition) is 1. The van der Waals surface area contributed by atoms with Crippen molar-refractivity contribution in [3.05, 3.63) is 66.2 Å². The van der Waals surface area contributed by atoms with E-state index in [0.717, 1.165) is 40.4 Å². The van der Waals surface area contributed by atoms with E-state index in [1.54, 1.807) is 14.2 Å². The summed E-state index contributed by atoms with van der Waals surface area (Å²) in [7, 11) is 5.62. The quantitative estimate of drug-likeness (QED) is 0.442. The highest BCUT2D eigenvalue weighted by Crippen LogP contribution is 2.36. The third-order valence-corrected chi connectivity index (χ3v) is 6.71. The van der Waals surface area contributed by atoms with Gasteiger partial charge in [0.05, 0.1) is 14.2 Å². The van der Waals surface area contributed by atoms with E-state index in [1.807, 2.05) is 24.3 Å². The molecular formula is C28H34N2O2. The molecule has 1 saturated carbocycles. The third-order valence-electron chi connectivity index (χ3n) is 6.71. The fourth-order valence-corrected chi connectivity index (χ4v) is 4.72. The number of methoxy groups -OCH3 is 2. The molecule has 4 rings (SSSR count). The van der Waals surface area contributed by atoms with Gasteiger partial charge in [-0.3, -0.25) is 4.90 Å². The van der Waals surface area contributed by atoms with Crippen molar-refractivity contribution in [1.82, 2.24) is 4.90 Å². The van der Waals surface area contributed by atoms with Crippen molar-refractivity contribution >= 4 is 5.69 Å². The van der Waals surface area contributed by atoms with Crippen LogP contribution in [0.25, 0.3) is 22.3 Å². The van der Waals surface area contributed by atoms with Crippen LogP contribution < -0.4 is 15.2 Å². The van der Waals surface area contributed by atoms with Crippen LogP contribution in [-0.2, 0) is 6.54 Å². The molecule has 0 aromatic heterocycles. The molecular weight excluding hydrogens is 396 g/mol. The van der Waals surface area contributed by atoms with Crippen molar-refractivity contribution in [3.63, 3.8) is 0 Å². The summed E-state index contributed by atoms with van der Waals surface area (Å²) in [5, 5.41) is 0. The summed E-state index contributed by atoms with van der Waals surface area (Å²) < 4.78 is 10.7. The van der Waals surface area contributed by atoms with Crippen molar-refractivity contribution in [2.75, 3.05) is 27.0 Å². The van der Waals surface area contributed by atoms with Crippen molar-refractivity contribution < 1.29 is 9.47 Å². The van der Waals surface area contributed by atoms with Crippen LogP contribution in [0.15, 0.2) is 60.7 Å². The molecule has 0 amide bonds. The maximum absolute atomic E-state index is 6.78. The second-order valence-corrected chi connectivity index (χ2v) is 8.76. The molecule has 1 aliphatic carbocycles. The van der Waals surface area contributed by atoms with Gasteiger partial charge in [-0.2, -0.15) is 0 Å². The minimum absolute atomic E-state index is 0.636. The maximum atomic E-state index is 6.78. The highest BCUT2D eigenvalue weighted by molar-refractivity contribution is 5.84. The molecule has 0 radical (unpaired) electrons. The van der Waals surface area contributed by atoms with Crippen LogP contribution >= 0.6 is 0 Å². The first kappa shape index (κ1) is 22.2. The van der Waals surface area contributed by atoms with E-state index < -0.39 is 0 Å². The molecule has 32 heavy (non-hydrogen) atoms. The number of nitrogens with zero attached hydrogens (tertiary/aromatic N) is 1. The molecule has 168 valence electrons. The summed E-state index contributed by atoms with van der Waals surface area (Å²) in [5.41, 5.74) is 13.3. The largest absolute Gasteiger partial charge is 0.497 e. The van der Waals surface area contributed by atoms with E-state index in [1.165, 1.54) is 43.2 Å². The van der Waals surface area contributed by atoms with Gasteiger partial charge in [0.15, 0.2) is 0 Å². The molecule has 2 N–H and O–H groups in total. The lowest BCUT2D eigenvalue weighted by atomic mass is 9.92. The Kier molecular flexibility index (Phi) is 7.01. The Morgan fingerprint density at radius 1 is 0.781 bits per heavy atom. The monoisotopic (exact) mass is 430 g/mol. The first-order chi connectivity index (χ1) is 15.6. The van der Waals surface area contributed by atoms with Gasteiger partial charge in [0.25, 0.3) is 0 Å². The number of benzene rings is 3. The Morgan fingerprint density at radius 2 is 1.34 bits per heavy atom. The number of nitrogens with two attached hydrogens (primary N) is 1. The van der Waals surface area contributed by atoms with E-state index in [2.05, 4.69) is 48.3 Å². The molecule has 3 aromatic rings. The predicted molar refractivity (Wildman–Crippen MR) is 133 cm³/mol. The lowest BCUT2D eigenvalue weighted by molar-refractivity contribution is 0.185. The zero-order valence-electron chi connectivity index (χ0n) is 19.4. The molecule has 1 fully saturated rings. The van der Waals surface area contributed by atoms with Gasteiger partial charge in [0.2, 0.25) is 0 Å². The van der Waals surface area contributed by atoms with E-state index in [0.29, 0.717) is 6.04 Å². The Labute approximate surface area is 192 Å². The number of hydrogen-bond acceptors (Lipinski definition) is 4. The molecule has 0 saturated heterocycles. The number of nitrogen functional groups attached to an aromatic ring is 1. The van der Waals surface area contributed by atoms with Crippen LogP contribution in [0.2, 0.25) is 0 Å². The fraction of sp³-hybridized carbons (Fsp3) is 0.357. The second kappa shape index (κ2) is 10.1. The highest BCUT2D eigenvalue weighted by Gasteiger charge is 2.20. The highest BCUT2D eigenvalue weighted by atomic mass is 16.5. The average molecular weight is 431 g/mol. The lowest BCUT2D eigenvalue weighted by Crippen LogP contribution is -2.33. The summed E-state index contributed by atoms with van der Waals surface area (Å²) >= 11 is 0. The Hall–Kier alpha value is -2.98. The summed E-state index contributed by atoms with van der Waals surface area (Å²) in [4.78, 5) is 2.49. The van der Waals surface area contributed by atoms with Crippen LogP contribution in [-0.4, -0.2) is 32.2 Å². The summed E-state index contributed by atoms with van der Waals surface area (Å²) in [6, 6.07) is 21.5. The summed E-state index contributed by atoms with van der Waals surface area (Å²) in [5.74, 6) is 1.70. The zero-order chi connectivity index (χ0) is 22.5. The first-order valence-electron chi connectivity index (χ1n) is 11.5. The van der Waals surface area contributed by atoms with E-state index in [-0.39, 0.29) is 0 Å². The maximum Gasteiger partial charge on any atom is 0.118 e. The van der Waals surface area contributed by atoms with Crippen LogP contribution in [0, 0.1) is 0 Å². The molecule has 0 bridgehead atoms. The topological polar surface area (TPSA) is 47.7 Å². The Balaban J connectivity index is 1.74. The molecule has 4 heteroatoms. The van der Waals surface area contributed by atoms with Gasteiger partial charge in [-0.15, -0.1) is 0 Å². The van der Waals surface area contributed by atoms with E-state index >= 15 is 0 Å². The first-order valence-corrected chi connectivity index (χ1v) is 11.5. The molecule has 0 unspecified atom stereocenters. The van der Waals surface area contributed by atoms with Crippen molar-refractivity contribution in [3.8, 4) is 33.8 Å². The van der Waals surface area contributed by atoms with Gasteiger partial charge in [-0.25, -0.2) is 0 Å². The van der Waals surface area contributed by atoms with Crippen molar-refractivity contribution in [2.24, 2.45) is 0 Å². The third kappa shape index (κ3) is 4.91. The van der Waals surface area contributed by atoms with E-state index in [9.17, 15) is 0 Å². The molecule has 0 aliphatic heterocycles. The van der Waals surface area contributed by atoms with Gasteiger partial charge in [0.1, 0.15) is 11.5 Å².